The highest BCUT2D eigenvalue weighted by Crippen LogP contribution is 2.29. The van der Waals surface area contributed by atoms with Gasteiger partial charge in [0, 0.05) is 0 Å². The zero-order chi connectivity index (χ0) is 16.3. The van der Waals surface area contributed by atoms with Crippen LogP contribution in [0.15, 0.2) is 45.8 Å². The third-order valence-electron chi connectivity index (χ3n) is 3.41. The van der Waals surface area contributed by atoms with Crippen molar-refractivity contribution >= 4 is 31.6 Å². The average Bonchev–Trinajstić information content (AvgIpc) is 2.49. The molecule has 0 saturated heterocycles. The predicted octanol–water partition coefficient (Wildman–Crippen LogP) is 4.13. The topological polar surface area (TPSA) is 55.4 Å². The minimum atomic E-state index is -3.65. The van der Waals surface area contributed by atoms with Crippen molar-refractivity contribution in [3.63, 3.8) is 0 Å². The number of halogens is 1. The first-order valence-electron chi connectivity index (χ1n) is 6.84. The van der Waals surface area contributed by atoms with E-state index in [2.05, 4.69) is 20.7 Å². The summed E-state index contributed by atoms with van der Waals surface area (Å²) >= 11 is 3.31. The number of hydrogen-bond acceptors (Lipinski definition) is 3. The molecule has 0 aromatic heterocycles. The highest BCUT2D eigenvalue weighted by molar-refractivity contribution is 9.10. The highest BCUT2D eigenvalue weighted by atomic mass is 79.9. The number of para-hydroxylation sites is 1. The molecule has 22 heavy (non-hydrogen) atoms. The Balaban J connectivity index is 2.42. The fraction of sp³-hybridized carbons (Fsp3) is 0.250. The summed E-state index contributed by atoms with van der Waals surface area (Å²) in [7, 11) is -2.12. The molecule has 6 heteroatoms. The molecule has 0 amide bonds. The summed E-state index contributed by atoms with van der Waals surface area (Å²) in [6, 6.07) is 10.4. The van der Waals surface area contributed by atoms with E-state index in [1.807, 2.05) is 32.0 Å². The maximum absolute atomic E-state index is 12.6. The van der Waals surface area contributed by atoms with Gasteiger partial charge in [-0.15, -0.1) is 0 Å². The molecular formula is C16H18BrNO3S. The van der Waals surface area contributed by atoms with Crippen LogP contribution in [0.1, 0.15) is 18.1 Å². The molecule has 0 radical (unpaired) electrons. The predicted molar refractivity (Wildman–Crippen MR) is 92.1 cm³/mol. The van der Waals surface area contributed by atoms with Gasteiger partial charge in [0.05, 0.1) is 22.2 Å². The number of hydrogen-bond donors (Lipinski definition) is 1. The van der Waals surface area contributed by atoms with Gasteiger partial charge in [-0.05, 0) is 58.6 Å². The fourth-order valence-electron chi connectivity index (χ4n) is 2.18. The lowest BCUT2D eigenvalue weighted by Gasteiger charge is -2.15. The molecule has 2 rings (SSSR count). The Morgan fingerprint density at radius 3 is 2.55 bits per heavy atom. The van der Waals surface area contributed by atoms with Crippen LogP contribution in [0.3, 0.4) is 0 Å². The minimum Gasteiger partial charge on any atom is -0.496 e. The molecule has 0 aliphatic carbocycles. The summed E-state index contributed by atoms with van der Waals surface area (Å²) in [6.07, 6.45) is 0.756. The van der Waals surface area contributed by atoms with Crippen molar-refractivity contribution in [3.8, 4) is 5.75 Å². The number of aryl methyl sites for hydroxylation is 2. The molecule has 1 N–H and O–H groups in total. The van der Waals surface area contributed by atoms with Crippen LogP contribution in [0.4, 0.5) is 5.69 Å². The SMILES string of the molecule is CCc1cccc(C)c1NS(=O)(=O)c1ccc(OC)c(Br)c1. The lowest BCUT2D eigenvalue weighted by Crippen LogP contribution is -2.15. The molecule has 0 fully saturated rings. The number of ether oxygens (including phenoxy) is 1. The van der Waals surface area contributed by atoms with E-state index in [9.17, 15) is 8.42 Å². The summed E-state index contributed by atoms with van der Waals surface area (Å²) in [4.78, 5) is 0.186. The molecule has 0 bridgehead atoms. The van der Waals surface area contributed by atoms with Gasteiger partial charge in [-0.1, -0.05) is 25.1 Å². The lowest BCUT2D eigenvalue weighted by atomic mass is 10.1. The zero-order valence-corrected chi connectivity index (χ0v) is 15.1. The van der Waals surface area contributed by atoms with Crippen molar-refractivity contribution in [2.24, 2.45) is 0 Å². The van der Waals surface area contributed by atoms with Gasteiger partial charge < -0.3 is 4.74 Å². The quantitative estimate of drug-likeness (QED) is 0.844. The smallest absolute Gasteiger partial charge is 0.261 e. The molecule has 2 aromatic carbocycles. The summed E-state index contributed by atoms with van der Waals surface area (Å²) in [5.74, 6) is 0.587. The van der Waals surface area contributed by atoms with E-state index in [0.29, 0.717) is 15.9 Å². The summed E-state index contributed by atoms with van der Waals surface area (Å²) < 4.78 is 33.6. The number of anilines is 1. The summed E-state index contributed by atoms with van der Waals surface area (Å²) in [5.41, 5.74) is 2.52. The van der Waals surface area contributed by atoms with Gasteiger partial charge in [-0.3, -0.25) is 4.72 Å². The Morgan fingerprint density at radius 1 is 1.23 bits per heavy atom. The maximum Gasteiger partial charge on any atom is 0.261 e. The van der Waals surface area contributed by atoms with Gasteiger partial charge in [-0.2, -0.15) is 0 Å². The normalized spacial score (nSPS) is 11.3. The summed E-state index contributed by atoms with van der Waals surface area (Å²) in [6.45, 7) is 3.89. The van der Waals surface area contributed by atoms with E-state index >= 15 is 0 Å². The Labute approximate surface area is 139 Å². The fourth-order valence-corrected chi connectivity index (χ4v) is 4.07. The first kappa shape index (κ1) is 16.8. The van der Waals surface area contributed by atoms with Crippen molar-refractivity contribution in [2.45, 2.75) is 25.2 Å². The molecule has 4 nitrogen and oxygen atoms in total. The van der Waals surface area contributed by atoms with Gasteiger partial charge in [0.15, 0.2) is 0 Å². The Hall–Kier alpha value is -1.53. The monoisotopic (exact) mass is 383 g/mol. The second-order valence-corrected chi connectivity index (χ2v) is 7.40. The molecule has 0 unspecified atom stereocenters. The van der Waals surface area contributed by atoms with Crippen LogP contribution < -0.4 is 9.46 Å². The van der Waals surface area contributed by atoms with Gasteiger partial charge in [0.25, 0.3) is 10.0 Å². The molecule has 0 aliphatic rings. The molecule has 2 aromatic rings. The molecule has 0 atom stereocenters. The summed E-state index contributed by atoms with van der Waals surface area (Å²) in [5, 5.41) is 0. The van der Waals surface area contributed by atoms with Crippen LogP contribution in [0.25, 0.3) is 0 Å². The van der Waals surface area contributed by atoms with Gasteiger partial charge >= 0.3 is 0 Å². The van der Waals surface area contributed by atoms with Crippen LogP contribution in [0.2, 0.25) is 0 Å². The molecule has 0 aliphatic heterocycles. The maximum atomic E-state index is 12.6. The molecule has 0 saturated carbocycles. The average molecular weight is 384 g/mol. The Morgan fingerprint density at radius 2 is 1.95 bits per heavy atom. The number of sulfonamides is 1. The Bertz CT molecular complexity index is 788. The van der Waals surface area contributed by atoms with Gasteiger partial charge in [0.1, 0.15) is 5.75 Å². The van der Waals surface area contributed by atoms with Crippen LogP contribution in [-0.4, -0.2) is 15.5 Å². The van der Waals surface area contributed by atoms with Gasteiger partial charge in [0.2, 0.25) is 0 Å². The van der Waals surface area contributed by atoms with E-state index in [0.717, 1.165) is 17.5 Å². The third kappa shape index (κ3) is 3.44. The van der Waals surface area contributed by atoms with E-state index in [4.69, 9.17) is 4.74 Å². The highest BCUT2D eigenvalue weighted by Gasteiger charge is 2.18. The van der Waals surface area contributed by atoms with E-state index in [1.165, 1.54) is 19.2 Å². The van der Waals surface area contributed by atoms with Crippen LogP contribution in [0, 0.1) is 6.92 Å². The van der Waals surface area contributed by atoms with Gasteiger partial charge in [-0.25, -0.2) is 8.42 Å². The largest absolute Gasteiger partial charge is 0.496 e. The van der Waals surface area contributed by atoms with Crippen LogP contribution in [-0.2, 0) is 16.4 Å². The van der Waals surface area contributed by atoms with Crippen LogP contribution in [0.5, 0.6) is 5.75 Å². The number of methoxy groups -OCH3 is 1. The lowest BCUT2D eigenvalue weighted by molar-refractivity contribution is 0.411. The standard InChI is InChI=1S/C16H18BrNO3S/c1-4-12-7-5-6-11(2)16(12)18-22(19,20)13-8-9-15(21-3)14(17)10-13/h5-10,18H,4H2,1-3H3. The number of rotatable bonds is 5. The van der Waals surface area contributed by atoms with Crippen molar-refractivity contribution < 1.29 is 13.2 Å². The Kier molecular flexibility index (Phi) is 5.13. The second kappa shape index (κ2) is 6.71. The van der Waals surface area contributed by atoms with Crippen molar-refractivity contribution in [3.05, 3.63) is 52.0 Å². The van der Waals surface area contributed by atoms with Crippen molar-refractivity contribution in [1.29, 1.82) is 0 Å². The van der Waals surface area contributed by atoms with Crippen molar-refractivity contribution in [2.75, 3.05) is 11.8 Å². The minimum absolute atomic E-state index is 0.186. The molecular weight excluding hydrogens is 366 g/mol. The molecule has 0 spiro atoms. The number of benzene rings is 2. The first-order valence-corrected chi connectivity index (χ1v) is 9.11. The first-order chi connectivity index (χ1) is 10.4. The molecule has 118 valence electrons. The zero-order valence-electron chi connectivity index (χ0n) is 12.7. The third-order valence-corrected chi connectivity index (χ3v) is 5.38. The van der Waals surface area contributed by atoms with Crippen LogP contribution >= 0.6 is 15.9 Å². The second-order valence-electron chi connectivity index (χ2n) is 4.86. The number of nitrogens with one attached hydrogen (secondary N) is 1. The van der Waals surface area contributed by atoms with E-state index in [1.54, 1.807) is 6.07 Å². The van der Waals surface area contributed by atoms with E-state index in [-0.39, 0.29) is 4.90 Å². The molecule has 0 heterocycles. The van der Waals surface area contributed by atoms with E-state index < -0.39 is 10.0 Å². The van der Waals surface area contributed by atoms with Crippen molar-refractivity contribution in [1.82, 2.24) is 0 Å².